The number of hydrogen-bond acceptors (Lipinski definition) is 6. The molecule has 1 aliphatic heterocycles. The maximum atomic E-state index is 14.7. The first-order valence-corrected chi connectivity index (χ1v) is 14.7. The van der Waals surface area contributed by atoms with Gasteiger partial charge in [-0.3, -0.25) is 9.69 Å². The summed E-state index contributed by atoms with van der Waals surface area (Å²) >= 11 is 12.0. The molecular weight excluding hydrogens is 603 g/mol. The SMILES string of the molecule is CS(=O)(=O)NC(=O)c1cc(C2CC2)c(CN2CCC(Oc3ccc(Cl)c(Cl)c3)CC2)cc1F.O=C(O)C(F)(F)F. The van der Waals surface area contributed by atoms with E-state index in [1.165, 1.54) is 12.1 Å². The summed E-state index contributed by atoms with van der Waals surface area (Å²) in [6, 6.07) is 8.11. The molecule has 8 nitrogen and oxygen atoms in total. The molecule has 2 aromatic rings. The van der Waals surface area contributed by atoms with Gasteiger partial charge in [0.25, 0.3) is 5.91 Å². The van der Waals surface area contributed by atoms with Gasteiger partial charge in [0.1, 0.15) is 17.7 Å². The molecule has 2 fully saturated rings. The third-order valence-electron chi connectivity index (χ3n) is 6.13. The highest BCUT2D eigenvalue weighted by Gasteiger charge is 2.38. The van der Waals surface area contributed by atoms with E-state index in [4.69, 9.17) is 37.8 Å². The van der Waals surface area contributed by atoms with Crippen LogP contribution < -0.4 is 9.46 Å². The Bertz CT molecular complexity index is 1360. The summed E-state index contributed by atoms with van der Waals surface area (Å²) in [6.45, 7) is 2.14. The van der Waals surface area contributed by atoms with Crippen LogP contribution in [0, 0.1) is 5.82 Å². The number of carboxylic acid groups (broad SMARTS) is 1. The number of alkyl halides is 3. The van der Waals surface area contributed by atoms with Gasteiger partial charge in [-0.2, -0.15) is 13.2 Å². The molecule has 2 aromatic carbocycles. The molecule has 1 aliphatic carbocycles. The molecule has 2 aliphatic rings. The minimum atomic E-state index is -5.08. The molecule has 0 aromatic heterocycles. The normalized spacial score (nSPS) is 16.6. The maximum Gasteiger partial charge on any atom is 0.490 e. The van der Waals surface area contributed by atoms with Crippen LogP contribution in [0.4, 0.5) is 17.6 Å². The molecule has 1 amide bonds. The lowest BCUT2D eigenvalue weighted by Crippen LogP contribution is -2.38. The van der Waals surface area contributed by atoms with Gasteiger partial charge in [-0.05, 0) is 67.0 Å². The van der Waals surface area contributed by atoms with Crippen molar-refractivity contribution >= 4 is 45.1 Å². The Labute approximate surface area is 238 Å². The van der Waals surface area contributed by atoms with Gasteiger partial charge < -0.3 is 9.84 Å². The Balaban J connectivity index is 0.000000559. The second-order valence-corrected chi connectivity index (χ2v) is 12.0. The van der Waals surface area contributed by atoms with Crippen molar-refractivity contribution < 1.29 is 45.4 Å². The molecule has 0 radical (unpaired) electrons. The molecule has 4 rings (SSSR count). The van der Waals surface area contributed by atoms with Crippen LogP contribution in [-0.4, -0.2) is 61.9 Å². The van der Waals surface area contributed by atoms with Crippen LogP contribution in [0.15, 0.2) is 30.3 Å². The van der Waals surface area contributed by atoms with E-state index >= 15 is 0 Å². The fraction of sp³-hybridized carbons (Fsp3) is 0.440. The van der Waals surface area contributed by atoms with E-state index in [2.05, 4.69) is 4.90 Å². The van der Waals surface area contributed by atoms with Gasteiger partial charge in [0.05, 0.1) is 21.9 Å². The zero-order valence-corrected chi connectivity index (χ0v) is 23.4. The van der Waals surface area contributed by atoms with Crippen molar-refractivity contribution in [1.29, 1.82) is 0 Å². The summed E-state index contributed by atoms with van der Waals surface area (Å²) in [5.41, 5.74) is 1.53. The summed E-state index contributed by atoms with van der Waals surface area (Å²) in [6.07, 6.45) is -0.572. The molecule has 0 unspecified atom stereocenters. The van der Waals surface area contributed by atoms with Crippen LogP contribution in [0.2, 0.25) is 10.0 Å². The Kier molecular flexibility index (Phi) is 10.3. The number of rotatable bonds is 7. The largest absolute Gasteiger partial charge is 0.490 e. The van der Waals surface area contributed by atoms with E-state index in [0.29, 0.717) is 22.3 Å². The number of carboxylic acids is 1. The van der Waals surface area contributed by atoms with Crippen LogP contribution in [0.5, 0.6) is 5.75 Å². The Morgan fingerprint density at radius 3 is 2.17 bits per heavy atom. The lowest BCUT2D eigenvalue weighted by Gasteiger charge is -2.32. The number of carbonyl (C=O) groups excluding carboxylic acids is 1. The van der Waals surface area contributed by atoms with Gasteiger partial charge in [-0.1, -0.05) is 23.2 Å². The van der Waals surface area contributed by atoms with Crippen molar-refractivity contribution in [2.75, 3.05) is 19.3 Å². The summed E-state index contributed by atoms with van der Waals surface area (Å²) in [7, 11) is -3.77. The van der Waals surface area contributed by atoms with Gasteiger partial charge in [-0.15, -0.1) is 0 Å². The molecule has 0 atom stereocenters. The fourth-order valence-corrected chi connectivity index (χ4v) is 4.84. The molecule has 0 spiro atoms. The molecule has 1 saturated heterocycles. The van der Waals surface area contributed by atoms with Crippen molar-refractivity contribution in [3.05, 3.63) is 62.9 Å². The first-order chi connectivity index (χ1) is 18.5. The van der Waals surface area contributed by atoms with E-state index in [9.17, 15) is 30.8 Å². The van der Waals surface area contributed by atoms with Gasteiger partial charge >= 0.3 is 12.1 Å². The Hall–Kier alpha value is -2.61. The number of aliphatic carboxylic acids is 1. The van der Waals surface area contributed by atoms with Gasteiger partial charge in [0.2, 0.25) is 10.0 Å². The van der Waals surface area contributed by atoms with Crippen molar-refractivity contribution in [1.82, 2.24) is 9.62 Å². The zero-order valence-electron chi connectivity index (χ0n) is 21.1. The topological polar surface area (TPSA) is 113 Å². The molecule has 1 saturated carbocycles. The number of likely N-dealkylation sites (tertiary alicyclic amines) is 1. The van der Waals surface area contributed by atoms with Crippen LogP contribution in [0.1, 0.15) is 53.1 Å². The van der Waals surface area contributed by atoms with Crippen LogP contribution in [0.3, 0.4) is 0 Å². The quantitative estimate of drug-likeness (QED) is 0.396. The minimum absolute atomic E-state index is 0.0557. The van der Waals surface area contributed by atoms with Crippen molar-refractivity contribution in [2.45, 2.75) is 50.4 Å². The van der Waals surface area contributed by atoms with Gasteiger partial charge in [-0.25, -0.2) is 22.3 Å². The Morgan fingerprint density at radius 1 is 1.07 bits per heavy atom. The highest BCUT2D eigenvalue weighted by atomic mass is 35.5. The molecule has 40 heavy (non-hydrogen) atoms. The van der Waals surface area contributed by atoms with Crippen LogP contribution in [-0.2, 0) is 21.4 Å². The molecule has 0 bridgehead atoms. The standard InChI is InChI=1S/C23H25Cl2FN2O4S.C2HF3O2/c1-33(30,31)27-23(29)19-12-18(14-2-3-14)15(10-22(19)26)13-28-8-6-16(7-9-28)32-17-4-5-20(24)21(25)11-17;3-2(4,5)1(6)7/h4-5,10-12,14,16H,2-3,6-9,13H2,1H3,(H,27,29);(H,6,7). The molecule has 15 heteroatoms. The van der Waals surface area contributed by atoms with E-state index in [0.717, 1.165) is 56.2 Å². The van der Waals surface area contributed by atoms with E-state index in [-0.39, 0.29) is 17.6 Å². The smallest absolute Gasteiger partial charge is 0.490 e. The molecular formula is C25H26Cl2F4N2O6S. The second kappa shape index (κ2) is 12.9. The van der Waals surface area contributed by atoms with Crippen molar-refractivity contribution in [3.63, 3.8) is 0 Å². The van der Waals surface area contributed by atoms with E-state index in [1.807, 2.05) is 4.72 Å². The first kappa shape index (κ1) is 31.9. The number of piperidine rings is 1. The van der Waals surface area contributed by atoms with Crippen molar-refractivity contribution in [3.8, 4) is 5.75 Å². The van der Waals surface area contributed by atoms with Crippen molar-refractivity contribution in [2.24, 2.45) is 0 Å². The predicted octanol–water partition coefficient (Wildman–Crippen LogP) is 5.38. The first-order valence-electron chi connectivity index (χ1n) is 12.0. The maximum absolute atomic E-state index is 14.7. The fourth-order valence-electron chi connectivity index (χ4n) is 4.11. The minimum Gasteiger partial charge on any atom is -0.490 e. The third-order valence-corrected chi connectivity index (χ3v) is 7.43. The average molecular weight is 629 g/mol. The number of benzene rings is 2. The third kappa shape index (κ3) is 9.50. The van der Waals surface area contributed by atoms with Gasteiger partial charge in [0, 0.05) is 25.7 Å². The number of amides is 1. The Morgan fingerprint density at radius 2 is 1.68 bits per heavy atom. The highest BCUT2D eigenvalue weighted by Crippen LogP contribution is 2.43. The summed E-state index contributed by atoms with van der Waals surface area (Å²) < 4.78 is 77.1. The molecule has 220 valence electrons. The lowest BCUT2D eigenvalue weighted by atomic mass is 9.97. The highest BCUT2D eigenvalue weighted by molar-refractivity contribution is 7.89. The average Bonchev–Trinajstić information content (AvgIpc) is 3.67. The zero-order chi connectivity index (χ0) is 29.8. The van der Waals surface area contributed by atoms with Crippen LogP contribution in [0.25, 0.3) is 0 Å². The summed E-state index contributed by atoms with van der Waals surface area (Å²) in [5, 5.41) is 8.06. The summed E-state index contributed by atoms with van der Waals surface area (Å²) in [4.78, 5) is 23.4. The number of carbonyl (C=O) groups is 2. The number of halogens is 6. The number of sulfonamides is 1. The molecule has 1 heterocycles. The number of ether oxygens (including phenoxy) is 1. The summed E-state index contributed by atoms with van der Waals surface area (Å²) in [5.74, 6) is -3.45. The van der Waals surface area contributed by atoms with Crippen LogP contribution >= 0.6 is 23.2 Å². The monoisotopic (exact) mass is 628 g/mol. The number of nitrogens with zero attached hydrogens (tertiary/aromatic N) is 1. The molecule has 2 N–H and O–H groups in total. The lowest BCUT2D eigenvalue weighted by molar-refractivity contribution is -0.192. The van der Waals surface area contributed by atoms with E-state index in [1.54, 1.807) is 18.2 Å². The predicted molar refractivity (Wildman–Crippen MR) is 140 cm³/mol. The number of hydrogen-bond donors (Lipinski definition) is 2. The number of nitrogens with one attached hydrogen (secondary N) is 1. The van der Waals surface area contributed by atoms with Gasteiger partial charge in [0.15, 0.2) is 0 Å². The second-order valence-electron chi connectivity index (χ2n) is 9.48. The van der Waals surface area contributed by atoms with E-state index < -0.39 is 33.9 Å².